The van der Waals surface area contributed by atoms with Gasteiger partial charge in [-0.05, 0) is 75.2 Å². The van der Waals surface area contributed by atoms with Gasteiger partial charge in [-0.1, -0.05) is 11.6 Å². The molecule has 0 aliphatic heterocycles. The van der Waals surface area contributed by atoms with Gasteiger partial charge in [-0.25, -0.2) is 0 Å². The Balaban J connectivity index is 1.69. The minimum absolute atomic E-state index is 0.0440. The van der Waals surface area contributed by atoms with Gasteiger partial charge in [-0.15, -0.1) is 0 Å². The second-order valence-electron chi connectivity index (χ2n) is 9.53. The number of carbonyl (C=O) groups excluding carboxylic acids is 3. The van der Waals surface area contributed by atoms with Crippen LogP contribution in [0.15, 0.2) is 42.5 Å². The lowest BCUT2D eigenvalue weighted by atomic mass is 9.88. The number of carbonyl (C=O) groups is 4. The number of esters is 1. The zero-order valence-corrected chi connectivity index (χ0v) is 22.6. The van der Waals surface area contributed by atoms with Crippen molar-refractivity contribution >= 4 is 46.3 Å². The Labute approximate surface area is 225 Å². The van der Waals surface area contributed by atoms with E-state index in [0.29, 0.717) is 38.5 Å². The van der Waals surface area contributed by atoms with E-state index in [1.54, 1.807) is 67.8 Å². The third kappa shape index (κ3) is 6.72. The van der Waals surface area contributed by atoms with Crippen molar-refractivity contribution in [2.75, 3.05) is 20.3 Å². The number of ether oxygens (including phenoxy) is 2. The second-order valence-corrected chi connectivity index (χ2v) is 9.97. The Morgan fingerprint density at radius 1 is 1.08 bits per heavy atom. The first kappa shape index (κ1) is 28.7. The van der Waals surface area contributed by atoms with Crippen molar-refractivity contribution in [3.63, 3.8) is 0 Å². The fourth-order valence-electron chi connectivity index (χ4n) is 3.97. The van der Waals surface area contributed by atoms with Crippen LogP contribution in [-0.4, -0.2) is 53.7 Å². The van der Waals surface area contributed by atoms with Crippen LogP contribution in [0, 0.1) is 12.3 Å². The van der Waals surface area contributed by atoms with Crippen LogP contribution in [0.2, 0.25) is 5.02 Å². The van der Waals surface area contributed by atoms with Gasteiger partial charge in [0.05, 0.1) is 31.0 Å². The van der Waals surface area contributed by atoms with Gasteiger partial charge in [0, 0.05) is 28.1 Å². The lowest BCUT2D eigenvalue weighted by Crippen LogP contribution is -2.31. The Bertz CT molecular complexity index is 1360. The fourth-order valence-corrected chi connectivity index (χ4v) is 4.09. The maximum absolute atomic E-state index is 13.4. The van der Waals surface area contributed by atoms with Crippen LogP contribution in [0.4, 0.5) is 0 Å². The van der Waals surface area contributed by atoms with Crippen LogP contribution in [0.1, 0.15) is 48.3 Å². The predicted octanol–water partition coefficient (Wildman–Crippen LogP) is 4.39. The first-order chi connectivity index (χ1) is 17.9. The summed E-state index contributed by atoms with van der Waals surface area (Å²) < 4.78 is 12.2. The van der Waals surface area contributed by atoms with Crippen molar-refractivity contribution in [2.45, 2.75) is 40.0 Å². The fraction of sp³-hybridized carbons (Fsp3) is 0.357. The summed E-state index contributed by atoms with van der Waals surface area (Å²) in [7, 11) is 1.54. The number of hydrogen-bond donors (Lipinski definition) is 2. The molecule has 10 heteroatoms. The number of halogens is 1. The number of carboxylic acids is 1. The summed E-state index contributed by atoms with van der Waals surface area (Å²) in [4.78, 5) is 49.2. The normalized spacial score (nSPS) is 11.3. The van der Waals surface area contributed by atoms with Crippen LogP contribution in [0.25, 0.3) is 10.9 Å². The molecule has 0 bridgehead atoms. The summed E-state index contributed by atoms with van der Waals surface area (Å²) in [5.74, 6) is -1.49. The van der Waals surface area contributed by atoms with Crippen molar-refractivity contribution in [1.82, 2.24) is 9.88 Å². The summed E-state index contributed by atoms with van der Waals surface area (Å²) in [6.07, 6.45) is 0.155. The smallest absolute Gasteiger partial charge is 0.310 e. The maximum atomic E-state index is 13.4. The molecular weight excluding hydrogens is 512 g/mol. The van der Waals surface area contributed by atoms with Gasteiger partial charge in [0.1, 0.15) is 12.4 Å². The topological polar surface area (TPSA) is 124 Å². The Hall–Kier alpha value is -3.85. The molecule has 0 fully saturated rings. The molecule has 0 radical (unpaired) electrons. The van der Waals surface area contributed by atoms with Gasteiger partial charge in [0.2, 0.25) is 5.91 Å². The van der Waals surface area contributed by atoms with E-state index in [1.807, 2.05) is 0 Å². The molecule has 0 spiro atoms. The van der Waals surface area contributed by atoms with E-state index in [0.717, 1.165) is 0 Å². The second kappa shape index (κ2) is 12.1. The minimum atomic E-state index is -1.00. The maximum Gasteiger partial charge on any atom is 0.310 e. The van der Waals surface area contributed by atoms with E-state index < -0.39 is 17.4 Å². The first-order valence-corrected chi connectivity index (χ1v) is 12.5. The summed E-state index contributed by atoms with van der Waals surface area (Å²) in [6.45, 7) is 4.94. The third-order valence-corrected chi connectivity index (χ3v) is 6.65. The summed E-state index contributed by atoms with van der Waals surface area (Å²) in [5.41, 5.74) is 1.30. The van der Waals surface area contributed by atoms with Crippen molar-refractivity contribution in [1.29, 1.82) is 0 Å². The molecule has 0 aliphatic carbocycles. The van der Waals surface area contributed by atoms with Crippen LogP contribution in [0.3, 0.4) is 0 Å². The molecule has 2 aromatic carbocycles. The highest BCUT2D eigenvalue weighted by atomic mass is 35.5. The van der Waals surface area contributed by atoms with Crippen molar-refractivity contribution in [3.05, 3.63) is 64.3 Å². The molecule has 0 aliphatic rings. The van der Waals surface area contributed by atoms with Gasteiger partial charge in [0.15, 0.2) is 0 Å². The van der Waals surface area contributed by atoms with Crippen molar-refractivity contribution in [2.24, 2.45) is 5.41 Å². The van der Waals surface area contributed by atoms with Crippen LogP contribution >= 0.6 is 11.6 Å². The zero-order valence-electron chi connectivity index (χ0n) is 21.8. The number of fused-ring (bicyclic) bond motifs is 1. The van der Waals surface area contributed by atoms with E-state index in [1.165, 1.54) is 7.11 Å². The molecule has 1 aromatic heterocycles. The molecule has 38 heavy (non-hydrogen) atoms. The molecule has 1 amide bonds. The summed E-state index contributed by atoms with van der Waals surface area (Å²) in [6, 6.07) is 11.9. The van der Waals surface area contributed by atoms with Gasteiger partial charge < -0.3 is 19.9 Å². The number of hydrogen-bond acceptors (Lipinski definition) is 6. The number of nitrogens with zero attached hydrogens (tertiary/aromatic N) is 1. The lowest BCUT2D eigenvalue weighted by Gasteiger charge is -2.18. The summed E-state index contributed by atoms with van der Waals surface area (Å²) >= 11 is 5.97. The molecule has 0 saturated heterocycles. The SMILES string of the molecule is COc1ccc2c(c1)c(CC(=O)OCCNC(=O)CCC(C)(C)C(=O)O)c(C)n2C(=O)c1ccc(Cl)cc1. The van der Waals surface area contributed by atoms with Crippen molar-refractivity contribution in [3.8, 4) is 5.75 Å². The van der Waals surface area contributed by atoms with Gasteiger partial charge >= 0.3 is 11.9 Å². The first-order valence-electron chi connectivity index (χ1n) is 12.1. The molecule has 202 valence electrons. The Morgan fingerprint density at radius 3 is 2.39 bits per heavy atom. The average molecular weight is 543 g/mol. The number of carboxylic acid groups (broad SMARTS) is 1. The minimum Gasteiger partial charge on any atom is -0.497 e. The van der Waals surface area contributed by atoms with E-state index in [-0.39, 0.29) is 44.2 Å². The molecule has 1 heterocycles. The molecule has 0 unspecified atom stereocenters. The number of aliphatic carboxylic acids is 1. The zero-order chi connectivity index (χ0) is 28.0. The third-order valence-electron chi connectivity index (χ3n) is 6.40. The molecule has 3 aromatic rings. The van der Waals surface area contributed by atoms with Gasteiger partial charge in [-0.3, -0.25) is 23.7 Å². The summed E-state index contributed by atoms with van der Waals surface area (Å²) in [5, 5.41) is 13.0. The van der Waals surface area contributed by atoms with E-state index in [4.69, 9.17) is 26.2 Å². The Morgan fingerprint density at radius 2 is 1.76 bits per heavy atom. The number of aromatic nitrogens is 1. The van der Waals surface area contributed by atoms with Gasteiger partial charge in [0.25, 0.3) is 5.91 Å². The largest absolute Gasteiger partial charge is 0.497 e. The average Bonchev–Trinajstić information content (AvgIpc) is 3.15. The molecule has 0 atom stereocenters. The van der Waals surface area contributed by atoms with Crippen LogP contribution in [-0.2, 0) is 25.5 Å². The highest BCUT2D eigenvalue weighted by Gasteiger charge is 2.27. The van der Waals surface area contributed by atoms with Crippen molar-refractivity contribution < 1.29 is 33.8 Å². The molecular formula is C28H31ClN2O7. The van der Waals surface area contributed by atoms with E-state index in [9.17, 15) is 19.2 Å². The highest BCUT2D eigenvalue weighted by Crippen LogP contribution is 2.31. The molecule has 0 saturated carbocycles. The van der Waals surface area contributed by atoms with Gasteiger partial charge in [-0.2, -0.15) is 0 Å². The number of benzene rings is 2. The van der Waals surface area contributed by atoms with E-state index >= 15 is 0 Å². The van der Waals surface area contributed by atoms with Crippen LogP contribution < -0.4 is 10.1 Å². The monoisotopic (exact) mass is 542 g/mol. The predicted molar refractivity (Wildman–Crippen MR) is 143 cm³/mol. The lowest BCUT2D eigenvalue weighted by molar-refractivity contribution is -0.147. The van der Waals surface area contributed by atoms with Crippen LogP contribution in [0.5, 0.6) is 5.75 Å². The highest BCUT2D eigenvalue weighted by molar-refractivity contribution is 6.30. The van der Waals surface area contributed by atoms with E-state index in [2.05, 4.69) is 5.32 Å². The number of methoxy groups -OCH3 is 1. The Kier molecular flexibility index (Phi) is 9.17. The molecule has 2 N–H and O–H groups in total. The standard InChI is InChI=1S/C28H31ClN2O7/c1-17-21(16-25(33)38-14-13-30-24(32)11-12-28(2,3)27(35)36)22-15-20(37-4)9-10-23(22)31(17)26(34)18-5-7-19(29)8-6-18/h5-10,15H,11-14,16H2,1-4H3,(H,30,32)(H,35,36). The number of rotatable bonds is 11. The quantitative estimate of drug-likeness (QED) is 0.272. The molecule has 9 nitrogen and oxygen atoms in total. The molecule has 3 rings (SSSR count). The number of nitrogens with one attached hydrogen (secondary N) is 1. The number of amides is 1.